The molecule has 9 nitrogen and oxygen atoms in total. The molecule has 182 valence electrons. The molecule has 0 atom stereocenters. The summed E-state index contributed by atoms with van der Waals surface area (Å²) in [6.45, 7) is 6.63. The maximum atomic E-state index is 11.9. The summed E-state index contributed by atoms with van der Waals surface area (Å²) in [6.07, 6.45) is 2.72. The lowest BCUT2D eigenvalue weighted by atomic mass is 10.1. The van der Waals surface area contributed by atoms with Gasteiger partial charge in [-0.2, -0.15) is 0 Å². The first-order chi connectivity index (χ1) is 16.1. The Labute approximate surface area is 199 Å². The molecule has 0 saturated carbocycles. The second-order valence-electron chi connectivity index (χ2n) is 8.55. The molecule has 2 aromatic rings. The van der Waals surface area contributed by atoms with E-state index in [2.05, 4.69) is 10.1 Å². The van der Waals surface area contributed by atoms with Gasteiger partial charge in [0.2, 0.25) is 0 Å². The van der Waals surface area contributed by atoms with E-state index in [9.17, 15) is 19.7 Å². The molecular weight excluding hydrogens is 438 g/mol. The van der Waals surface area contributed by atoms with Gasteiger partial charge in [-0.3, -0.25) is 10.1 Å². The van der Waals surface area contributed by atoms with Gasteiger partial charge in [0.15, 0.2) is 0 Å². The van der Waals surface area contributed by atoms with Crippen LogP contribution in [0.3, 0.4) is 0 Å². The number of amides is 1. The van der Waals surface area contributed by atoms with Crippen LogP contribution in [0.15, 0.2) is 54.6 Å². The maximum absolute atomic E-state index is 11.9. The van der Waals surface area contributed by atoms with Crippen molar-refractivity contribution in [2.24, 2.45) is 0 Å². The minimum atomic E-state index is -0.589. The molecule has 0 radical (unpaired) electrons. The zero-order valence-corrected chi connectivity index (χ0v) is 19.9. The third-order valence-corrected chi connectivity index (χ3v) is 4.64. The number of alkyl carbamates (subject to hydrolysis) is 1. The second kappa shape index (κ2) is 12.4. The van der Waals surface area contributed by atoms with E-state index in [0.29, 0.717) is 37.3 Å². The maximum Gasteiger partial charge on any atom is 0.407 e. The van der Waals surface area contributed by atoms with E-state index in [1.807, 2.05) is 35.2 Å². The number of nitrogens with zero attached hydrogens (tertiary/aromatic N) is 2. The van der Waals surface area contributed by atoms with Gasteiger partial charge >= 0.3 is 12.1 Å². The van der Waals surface area contributed by atoms with Crippen LogP contribution in [0.2, 0.25) is 0 Å². The van der Waals surface area contributed by atoms with Crippen molar-refractivity contribution in [3.8, 4) is 0 Å². The monoisotopic (exact) mass is 469 g/mol. The summed E-state index contributed by atoms with van der Waals surface area (Å²) in [6, 6.07) is 14.4. The van der Waals surface area contributed by atoms with Crippen molar-refractivity contribution in [1.29, 1.82) is 0 Å². The molecule has 0 aliphatic rings. The van der Waals surface area contributed by atoms with E-state index < -0.39 is 22.6 Å². The summed E-state index contributed by atoms with van der Waals surface area (Å²) in [5.74, 6) is -0.546. The van der Waals surface area contributed by atoms with Gasteiger partial charge in [-0.25, -0.2) is 9.59 Å². The van der Waals surface area contributed by atoms with Gasteiger partial charge in [0.05, 0.1) is 12.0 Å². The zero-order valence-electron chi connectivity index (χ0n) is 19.9. The van der Waals surface area contributed by atoms with Gasteiger partial charge in [0, 0.05) is 31.8 Å². The lowest BCUT2D eigenvalue weighted by Gasteiger charge is -2.25. The summed E-state index contributed by atoms with van der Waals surface area (Å²) in [7, 11) is 1.26. The molecule has 0 spiro atoms. The lowest BCUT2D eigenvalue weighted by Crippen LogP contribution is -2.34. The van der Waals surface area contributed by atoms with Gasteiger partial charge in [-0.15, -0.1) is 0 Å². The number of hydrogen-bond donors (Lipinski definition) is 1. The highest BCUT2D eigenvalue weighted by Crippen LogP contribution is 2.31. The minimum absolute atomic E-state index is 0.0805. The number of nitro benzene ring substituents is 1. The van der Waals surface area contributed by atoms with Crippen molar-refractivity contribution in [2.75, 3.05) is 25.1 Å². The van der Waals surface area contributed by atoms with Crippen LogP contribution >= 0.6 is 0 Å². The number of ether oxygens (including phenoxy) is 2. The van der Waals surface area contributed by atoms with Gasteiger partial charge in [-0.05, 0) is 50.5 Å². The number of hydrogen-bond acceptors (Lipinski definition) is 7. The first-order valence-electron chi connectivity index (χ1n) is 10.9. The number of benzene rings is 2. The number of anilines is 1. The topological polar surface area (TPSA) is 111 Å². The van der Waals surface area contributed by atoms with Crippen molar-refractivity contribution in [3.63, 3.8) is 0 Å². The largest absolute Gasteiger partial charge is 0.466 e. The Balaban J connectivity index is 2.22. The molecule has 0 saturated heterocycles. The fourth-order valence-corrected chi connectivity index (χ4v) is 3.15. The number of methoxy groups -OCH3 is 1. The summed E-state index contributed by atoms with van der Waals surface area (Å²) < 4.78 is 9.81. The minimum Gasteiger partial charge on any atom is -0.466 e. The average Bonchev–Trinajstić information content (AvgIpc) is 2.78. The van der Waals surface area contributed by atoms with Crippen LogP contribution in [0.5, 0.6) is 0 Å². The SMILES string of the molecule is COC(=O)C=Cc1ccc(N(CCCNC(=O)OC(C)(C)C)Cc2ccccc2)c([N+](=O)[O-])c1. The van der Waals surface area contributed by atoms with Crippen molar-refractivity contribution in [2.45, 2.75) is 39.3 Å². The van der Waals surface area contributed by atoms with Crippen molar-refractivity contribution >= 4 is 29.5 Å². The van der Waals surface area contributed by atoms with Gasteiger partial charge < -0.3 is 19.7 Å². The number of nitro groups is 1. The van der Waals surface area contributed by atoms with Crippen molar-refractivity contribution < 1.29 is 24.0 Å². The molecule has 0 heterocycles. The third kappa shape index (κ3) is 8.93. The molecular formula is C25H31N3O6. The number of nitrogens with one attached hydrogen (secondary N) is 1. The Kier molecular flexibility index (Phi) is 9.61. The van der Waals surface area contributed by atoms with Crippen LogP contribution in [-0.2, 0) is 20.8 Å². The molecule has 2 rings (SSSR count). The van der Waals surface area contributed by atoms with Crippen molar-refractivity contribution in [1.82, 2.24) is 5.32 Å². The molecule has 34 heavy (non-hydrogen) atoms. The first-order valence-corrected chi connectivity index (χ1v) is 10.9. The molecule has 9 heteroatoms. The predicted molar refractivity (Wildman–Crippen MR) is 130 cm³/mol. The standard InChI is InChI=1S/C25H31N3O6/c1-25(2,3)34-24(30)26-15-8-16-27(18-20-9-6-5-7-10-20)21-13-11-19(12-14-23(29)33-4)17-22(21)28(31)32/h5-7,9-14,17H,8,15-16,18H2,1-4H3,(H,26,30). The summed E-state index contributed by atoms with van der Waals surface area (Å²) in [4.78, 5) is 36.6. The molecule has 0 bridgehead atoms. The predicted octanol–water partition coefficient (Wildman–Crippen LogP) is 4.70. The highest BCUT2D eigenvalue weighted by Gasteiger charge is 2.21. The van der Waals surface area contributed by atoms with E-state index >= 15 is 0 Å². The lowest BCUT2D eigenvalue weighted by molar-refractivity contribution is -0.384. The number of esters is 1. The molecule has 1 amide bonds. The van der Waals surface area contributed by atoms with E-state index in [1.165, 1.54) is 25.3 Å². The van der Waals surface area contributed by atoms with Crippen LogP contribution < -0.4 is 10.2 Å². The second-order valence-corrected chi connectivity index (χ2v) is 8.55. The van der Waals surface area contributed by atoms with Crippen molar-refractivity contribution in [3.05, 3.63) is 75.8 Å². The molecule has 1 N–H and O–H groups in total. The van der Waals surface area contributed by atoms with E-state index in [-0.39, 0.29) is 5.69 Å². The molecule has 2 aromatic carbocycles. The van der Waals surface area contributed by atoms with Crippen LogP contribution in [0.1, 0.15) is 38.3 Å². The number of carbonyl (C=O) groups is 2. The van der Waals surface area contributed by atoms with E-state index in [1.54, 1.807) is 32.9 Å². The molecule has 0 unspecified atom stereocenters. The first kappa shape index (κ1) is 26.4. The van der Waals surface area contributed by atoms with Gasteiger partial charge in [0.1, 0.15) is 11.3 Å². The molecule has 0 aromatic heterocycles. The van der Waals surface area contributed by atoms with E-state index in [0.717, 1.165) is 5.56 Å². The quantitative estimate of drug-likeness (QED) is 0.176. The fourth-order valence-electron chi connectivity index (χ4n) is 3.15. The van der Waals surface area contributed by atoms with Crippen LogP contribution in [0.25, 0.3) is 6.08 Å². The number of rotatable bonds is 10. The highest BCUT2D eigenvalue weighted by atomic mass is 16.6. The Bertz CT molecular complexity index is 1020. The highest BCUT2D eigenvalue weighted by molar-refractivity contribution is 5.87. The normalized spacial score (nSPS) is 11.2. The van der Waals surface area contributed by atoms with Crippen LogP contribution in [0.4, 0.5) is 16.2 Å². The summed E-state index contributed by atoms with van der Waals surface area (Å²) in [5.41, 5.74) is 1.27. The number of carbonyl (C=O) groups excluding carboxylic acids is 2. The molecule has 0 aliphatic carbocycles. The zero-order chi connectivity index (χ0) is 25.1. The van der Waals surface area contributed by atoms with Crippen LogP contribution in [0, 0.1) is 10.1 Å². The summed E-state index contributed by atoms with van der Waals surface area (Å²) in [5, 5.41) is 14.6. The molecule has 0 fully saturated rings. The average molecular weight is 470 g/mol. The fraction of sp³-hybridized carbons (Fsp3) is 0.360. The summed E-state index contributed by atoms with van der Waals surface area (Å²) >= 11 is 0. The molecule has 0 aliphatic heterocycles. The van der Waals surface area contributed by atoms with Gasteiger partial charge in [-0.1, -0.05) is 36.4 Å². The Morgan fingerprint density at radius 3 is 2.47 bits per heavy atom. The Morgan fingerprint density at radius 2 is 1.85 bits per heavy atom. The third-order valence-electron chi connectivity index (χ3n) is 4.64. The Hall–Kier alpha value is -3.88. The smallest absolute Gasteiger partial charge is 0.407 e. The van der Waals surface area contributed by atoms with Gasteiger partial charge in [0.25, 0.3) is 5.69 Å². The van der Waals surface area contributed by atoms with Crippen LogP contribution in [-0.4, -0.2) is 42.8 Å². The Morgan fingerprint density at radius 1 is 1.15 bits per heavy atom. The van der Waals surface area contributed by atoms with E-state index in [4.69, 9.17) is 4.74 Å².